The highest BCUT2D eigenvalue weighted by Crippen LogP contribution is 2.29. The number of ketones is 1. The van der Waals surface area contributed by atoms with Crippen LogP contribution in [0.1, 0.15) is 58.2 Å². The number of benzene rings is 3. The number of aromatic nitrogens is 1. The molecule has 8 nitrogen and oxygen atoms in total. The zero-order valence-electron chi connectivity index (χ0n) is 26.1. The molecule has 8 heteroatoms. The zero-order valence-corrected chi connectivity index (χ0v) is 26.1. The molecule has 1 amide bonds. The molecular formula is C36H40N4O4. The first-order valence-electron chi connectivity index (χ1n) is 14.9. The van der Waals surface area contributed by atoms with Gasteiger partial charge in [0.15, 0.2) is 5.78 Å². The summed E-state index contributed by atoms with van der Waals surface area (Å²) in [6.45, 7) is 10.5. The summed E-state index contributed by atoms with van der Waals surface area (Å²) in [6, 6.07) is 20.7. The number of hydrogen-bond acceptors (Lipinski definition) is 6. The van der Waals surface area contributed by atoms with E-state index in [9.17, 15) is 14.4 Å². The van der Waals surface area contributed by atoms with Gasteiger partial charge in [0.2, 0.25) is 0 Å². The molecule has 1 aromatic heterocycles. The van der Waals surface area contributed by atoms with Gasteiger partial charge in [-0.1, -0.05) is 63.2 Å². The van der Waals surface area contributed by atoms with Crippen molar-refractivity contribution in [2.75, 3.05) is 37.4 Å². The summed E-state index contributed by atoms with van der Waals surface area (Å²) in [5.74, 6) is -0.0762. The minimum atomic E-state index is -0.205. The van der Waals surface area contributed by atoms with Crippen molar-refractivity contribution in [2.24, 2.45) is 7.05 Å². The molecule has 0 spiro atoms. The van der Waals surface area contributed by atoms with Gasteiger partial charge in [-0.15, -0.1) is 0 Å². The Morgan fingerprint density at radius 2 is 1.68 bits per heavy atom. The predicted octanol–water partition coefficient (Wildman–Crippen LogP) is 5.88. The number of ether oxygens (including phenoxy) is 1. The lowest BCUT2D eigenvalue weighted by molar-refractivity contribution is 0.0303. The van der Waals surface area contributed by atoms with Crippen LogP contribution in [0.2, 0.25) is 0 Å². The van der Waals surface area contributed by atoms with E-state index in [0.717, 1.165) is 22.3 Å². The third-order valence-electron chi connectivity index (χ3n) is 8.22. The monoisotopic (exact) mass is 592 g/mol. The van der Waals surface area contributed by atoms with Crippen LogP contribution in [0, 0.1) is 6.92 Å². The highest BCUT2D eigenvalue weighted by molar-refractivity contribution is 6.00. The molecule has 228 valence electrons. The second-order valence-electron chi connectivity index (χ2n) is 12.4. The maximum absolute atomic E-state index is 13.2. The number of nitrogens with zero attached hydrogens (tertiary/aromatic N) is 2. The fraction of sp³-hybridized carbons (Fsp3) is 0.306. The van der Waals surface area contributed by atoms with Crippen LogP contribution in [0.25, 0.3) is 11.1 Å². The predicted molar refractivity (Wildman–Crippen MR) is 176 cm³/mol. The summed E-state index contributed by atoms with van der Waals surface area (Å²) < 4.78 is 6.88. The molecule has 1 aliphatic rings. The van der Waals surface area contributed by atoms with Crippen molar-refractivity contribution < 1.29 is 14.3 Å². The number of hydrogen-bond donors (Lipinski definition) is 2. The number of nitrogens with one attached hydrogen (secondary N) is 1. The molecule has 1 saturated heterocycles. The summed E-state index contributed by atoms with van der Waals surface area (Å²) >= 11 is 0. The largest absolute Gasteiger partial charge is 0.398 e. The Bertz CT molecular complexity index is 1760. The number of aryl methyl sites for hydroxylation is 1. The average Bonchev–Trinajstić information content (AvgIpc) is 3.00. The highest BCUT2D eigenvalue weighted by atomic mass is 16.5. The van der Waals surface area contributed by atoms with E-state index in [-0.39, 0.29) is 29.1 Å². The number of rotatable bonds is 7. The van der Waals surface area contributed by atoms with E-state index in [1.54, 1.807) is 36.3 Å². The van der Waals surface area contributed by atoms with Crippen LogP contribution >= 0.6 is 0 Å². The molecular weight excluding hydrogens is 552 g/mol. The van der Waals surface area contributed by atoms with Crippen LogP contribution < -0.4 is 16.6 Å². The number of carbonyl (C=O) groups is 2. The van der Waals surface area contributed by atoms with Crippen LogP contribution in [0.15, 0.2) is 77.7 Å². The van der Waals surface area contributed by atoms with E-state index in [2.05, 4.69) is 26.1 Å². The molecule has 3 aromatic carbocycles. The third kappa shape index (κ3) is 6.60. The summed E-state index contributed by atoms with van der Waals surface area (Å²) in [7, 11) is 1.71. The molecule has 3 N–H and O–H groups in total. The topological polar surface area (TPSA) is 107 Å². The molecule has 2 heterocycles. The van der Waals surface area contributed by atoms with Gasteiger partial charge in [0.25, 0.3) is 11.5 Å². The molecule has 1 fully saturated rings. The first kappa shape index (κ1) is 30.8. The number of nitrogen functional groups attached to an aromatic ring is 1. The van der Waals surface area contributed by atoms with Crippen molar-refractivity contribution in [3.05, 3.63) is 111 Å². The van der Waals surface area contributed by atoms with Crippen LogP contribution in [0.4, 0.5) is 17.1 Å². The van der Waals surface area contributed by atoms with Crippen LogP contribution in [-0.4, -0.2) is 47.5 Å². The Morgan fingerprint density at radius 1 is 0.977 bits per heavy atom. The van der Waals surface area contributed by atoms with Gasteiger partial charge < -0.3 is 25.3 Å². The molecule has 1 aliphatic heterocycles. The van der Waals surface area contributed by atoms with Crippen molar-refractivity contribution in [3.63, 3.8) is 0 Å². The van der Waals surface area contributed by atoms with Crippen LogP contribution in [0.3, 0.4) is 0 Å². The fourth-order valence-electron chi connectivity index (χ4n) is 5.50. The average molecular weight is 593 g/mol. The van der Waals surface area contributed by atoms with Gasteiger partial charge in [0.1, 0.15) is 5.69 Å². The van der Waals surface area contributed by atoms with Crippen LogP contribution in [-0.2, 0) is 23.6 Å². The molecule has 0 unspecified atom stereocenters. The molecule has 0 aliphatic carbocycles. The Labute approximate surface area is 258 Å². The highest BCUT2D eigenvalue weighted by Gasteiger charge is 2.21. The number of carbonyl (C=O) groups excluding carboxylic acids is 2. The zero-order chi connectivity index (χ0) is 31.6. The van der Waals surface area contributed by atoms with Gasteiger partial charge in [-0.25, -0.2) is 0 Å². The number of nitrogens with two attached hydrogens (primary N) is 1. The number of pyridine rings is 1. The van der Waals surface area contributed by atoms with Gasteiger partial charge in [0.05, 0.1) is 18.8 Å². The Hall–Kier alpha value is -4.69. The smallest absolute Gasteiger partial charge is 0.274 e. The van der Waals surface area contributed by atoms with E-state index < -0.39 is 0 Å². The maximum atomic E-state index is 13.2. The number of morpholine rings is 1. The number of Topliss-reactive ketones (excluding diaryl/α,β-unsaturated/α-hetero) is 1. The standard InChI is InChI=1S/C36H40N4O4/c1-23-25(20-33(41)24-9-11-27(12-10-24)36(2,3)4)7-6-8-29(23)26-19-32(35(43)39(5)22-26)38-28-13-14-30(31(37)21-28)34(42)40-15-17-44-18-16-40/h6-14,19,21-22,38H,15-18,20,37H2,1-5H3. The van der Waals surface area contributed by atoms with E-state index in [1.165, 1.54) is 10.1 Å². The van der Waals surface area contributed by atoms with Gasteiger partial charge in [-0.2, -0.15) is 0 Å². The van der Waals surface area contributed by atoms with Crippen molar-refractivity contribution in [3.8, 4) is 11.1 Å². The molecule has 0 bridgehead atoms. The van der Waals surface area contributed by atoms with E-state index in [4.69, 9.17) is 10.5 Å². The summed E-state index contributed by atoms with van der Waals surface area (Å²) in [4.78, 5) is 41.0. The minimum absolute atomic E-state index is 0.0220. The second-order valence-corrected chi connectivity index (χ2v) is 12.4. The van der Waals surface area contributed by atoms with E-state index >= 15 is 0 Å². The minimum Gasteiger partial charge on any atom is -0.398 e. The molecule has 4 aromatic rings. The lowest BCUT2D eigenvalue weighted by Gasteiger charge is -2.27. The quantitative estimate of drug-likeness (QED) is 0.205. The first-order valence-corrected chi connectivity index (χ1v) is 14.9. The summed E-state index contributed by atoms with van der Waals surface area (Å²) in [6.07, 6.45) is 2.07. The van der Waals surface area contributed by atoms with Gasteiger partial charge in [-0.05, 0) is 58.9 Å². The molecule has 0 atom stereocenters. The lowest BCUT2D eigenvalue weighted by Crippen LogP contribution is -2.40. The summed E-state index contributed by atoms with van der Waals surface area (Å²) in [5, 5.41) is 3.20. The van der Waals surface area contributed by atoms with E-state index in [1.807, 2.05) is 55.5 Å². The second kappa shape index (κ2) is 12.5. The van der Waals surface area contributed by atoms with Crippen molar-refractivity contribution in [1.29, 1.82) is 0 Å². The third-order valence-corrected chi connectivity index (χ3v) is 8.22. The Kier molecular flexibility index (Phi) is 8.74. The SMILES string of the molecule is Cc1c(CC(=O)c2ccc(C(C)(C)C)cc2)cccc1-c1cc(Nc2ccc(C(=O)N3CCOCC3)c(N)c2)c(=O)n(C)c1. The number of anilines is 3. The molecule has 0 radical (unpaired) electrons. The van der Waals surface area contributed by atoms with Crippen LogP contribution in [0.5, 0.6) is 0 Å². The summed E-state index contributed by atoms with van der Waals surface area (Å²) in [5.41, 5.74) is 13.4. The molecule has 0 saturated carbocycles. The molecule has 5 rings (SSSR count). The normalized spacial score (nSPS) is 13.5. The fourth-order valence-corrected chi connectivity index (χ4v) is 5.50. The lowest BCUT2D eigenvalue weighted by atomic mass is 9.86. The number of amides is 1. The molecule has 44 heavy (non-hydrogen) atoms. The van der Waals surface area contributed by atoms with Crippen molar-refractivity contribution >= 4 is 28.8 Å². The van der Waals surface area contributed by atoms with Crippen molar-refractivity contribution in [2.45, 2.75) is 39.5 Å². The maximum Gasteiger partial charge on any atom is 0.274 e. The van der Waals surface area contributed by atoms with E-state index in [0.29, 0.717) is 54.5 Å². The van der Waals surface area contributed by atoms with Gasteiger partial charge in [-0.3, -0.25) is 14.4 Å². The Morgan fingerprint density at radius 3 is 2.34 bits per heavy atom. The Balaban J connectivity index is 1.38. The van der Waals surface area contributed by atoms with Gasteiger partial charge >= 0.3 is 0 Å². The first-order chi connectivity index (χ1) is 20.9. The van der Waals surface area contributed by atoms with Crippen molar-refractivity contribution in [1.82, 2.24) is 9.47 Å². The van der Waals surface area contributed by atoms with Gasteiger partial charge in [0, 0.05) is 55.3 Å².